The molecular formula is C29H24BrN3O3S. The van der Waals surface area contributed by atoms with E-state index in [2.05, 4.69) is 57.5 Å². The van der Waals surface area contributed by atoms with Gasteiger partial charge in [0, 0.05) is 21.3 Å². The van der Waals surface area contributed by atoms with Gasteiger partial charge < -0.3 is 14.2 Å². The minimum absolute atomic E-state index is 0.152. The number of hydrogen-bond acceptors (Lipinski definition) is 5. The van der Waals surface area contributed by atoms with Crippen molar-refractivity contribution in [3.63, 3.8) is 0 Å². The molecule has 1 atom stereocenters. The van der Waals surface area contributed by atoms with Crippen LogP contribution in [0.2, 0.25) is 0 Å². The molecule has 2 aromatic heterocycles. The first kappa shape index (κ1) is 24.9. The highest BCUT2D eigenvalue weighted by molar-refractivity contribution is 9.10. The molecule has 0 saturated carbocycles. The van der Waals surface area contributed by atoms with E-state index in [1.54, 1.807) is 12.1 Å². The zero-order valence-corrected chi connectivity index (χ0v) is 22.7. The van der Waals surface area contributed by atoms with Gasteiger partial charge in [-0.15, -0.1) is 0 Å². The quantitative estimate of drug-likeness (QED) is 0.199. The van der Waals surface area contributed by atoms with Gasteiger partial charge in [-0.05, 0) is 84.7 Å². The van der Waals surface area contributed by atoms with E-state index >= 15 is 0 Å². The lowest BCUT2D eigenvalue weighted by atomic mass is 9.98. The number of oxazole rings is 1. The number of hydrogen-bond donors (Lipinski definition) is 2. The van der Waals surface area contributed by atoms with Crippen LogP contribution in [0.1, 0.15) is 42.3 Å². The minimum Gasteiger partial charge on any atom is -0.451 e. The summed E-state index contributed by atoms with van der Waals surface area (Å²) in [4.78, 5) is 17.4. The number of thiocarbonyl (C=S) groups is 1. The molecule has 0 fully saturated rings. The van der Waals surface area contributed by atoms with E-state index in [1.165, 1.54) is 5.56 Å². The Morgan fingerprint density at radius 1 is 1.00 bits per heavy atom. The van der Waals surface area contributed by atoms with Crippen LogP contribution in [0.3, 0.4) is 0 Å². The first-order valence-corrected chi connectivity index (χ1v) is 13.1. The van der Waals surface area contributed by atoms with E-state index in [4.69, 9.17) is 21.1 Å². The molecule has 2 N–H and O–H groups in total. The third-order valence-electron chi connectivity index (χ3n) is 6.15. The molecule has 0 saturated heterocycles. The van der Waals surface area contributed by atoms with Gasteiger partial charge in [0.2, 0.25) is 5.89 Å². The van der Waals surface area contributed by atoms with Crippen molar-refractivity contribution in [1.29, 1.82) is 0 Å². The van der Waals surface area contributed by atoms with Crippen LogP contribution in [0.4, 0.5) is 5.69 Å². The summed E-state index contributed by atoms with van der Waals surface area (Å²) in [6, 6.07) is 24.7. The molecule has 0 aliphatic heterocycles. The highest BCUT2D eigenvalue weighted by Crippen LogP contribution is 2.29. The summed E-state index contributed by atoms with van der Waals surface area (Å²) < 4.78 is 12.7. The topological polar surface area (TPSA) is 80.3 Å². The maximum atomic E-state index is 12.7. The SMILES string of the molecule is CC[C@@H](C)c1ccc2oc(-c3cccc(NC(=S)NC(=O)c4ccc(-c5ccc(Br)cc5)o4)c3)nc2c1. The number of nitrogens with one attached hydrogen (secondary N) is 2. The molecule has 186 valence electrons. The summed E-state index contributed by atoms with van der Waals surface area (Å²) in [7, 11) is 0. The maximum absolute atomic E-state index is 12.7. The molecule has 0 aliphatic rings. The molecule has 3 aromatic carbocycles. The third-order valence-corrected chi connectivity index (χ3v) is 6.88. The van der Waals surface area contributed by atoms with Crippen molar-refractivity contribution < 1.29 is 13.6 Å². The fraction of sp³-hybridized carbons (Fsp3) is 0.138. The van der Waals surface area contributed by atoms with E-state index in [0.29, 0.717) is 23.3 Å². The molecule has 2 heterocycles. The van der Waals surface area contributed by atoms with Crippen LogP contribution in [0.25, 0.3) is 33.9 Å². The number of furan rings is 1. The third kappa shape index (κ3) is 5.65. The lowest BCUT2D eigenvalue weighted by Crippen LogP contribution is -2.33. The largest absolute Gasteiger partial charge is 0.451 e. The summed E-state index contributed by atoms with van der Waals surface area (Å²) in [5.74, 6) is 1.30. The van der Waals surface area contributed by atoms with Gasteiger partial charge >= 0.3 is 0 Å². The number of nitrogens with zero attached hydrogens (tertiary/aromatic N) is 1. The lowest BCUT2D eigenvalue weighted by Gasteiger charge is -2.09. The molecule has 1 amide bonds. The van der Waals surface area contributed by atoms with Crippen LogP contribution in [-0.2, 0) is 0 Å². The number of rotatable bonds is 6. The fourth-order valence-corrected chi connectivity index (χ4v) is 4.37. The van der Waals surface area contributed by atoms with Crippen molar-refractivity contribution >= 4 is 56.0 Å². The van der Waals surface area contributed by atoms with Crippen molar-refractivity contribution in [3.05, 3.63) is 94.7 Å². The van der Waals surface area contributed by atoms with E-state index in [9.17, 15) is 4.79 Å². The molecule has 6 nitrogen and oxygen atoms in total. The second-order valence-electron chi connectivity index (χ2n) is 8.72. The van der Waals surface area contributed by atoms with Gasteiger partial charge in [-0.25, -0.2) is 4.98 Å². The number of halogens is 1. The Morgan fingerprint density at radius 2 is 1.81 bits per heavy atom. The normalized spacial score (nSPS) is 11.9. The molecule has 0 unspecified atom stereocenters. The highest BCUT2D eigenvalue weighted by Gasteiger charge is 2.15. The molecule has 0 radical (unpaired) electrons. The van der Waals surface area contributed by atoms with Gasteiger partial charge in [-0.1, -0.05) is 54.0 Å². The highest BCUT2D eigenvalue weighted by atomic mass is 79.9. The Morgan fingerprint density at radius 3 is 2.59 bits per heavy atom. The number of benzene rings is 3. The van der Waals surface area contributed by atoms with Crippen LogP contribution >= 0.6 is 28.1 Å². The second kappa shape index (κ2) is 10.7. The second-order valence-corrected chi connectivity index (χ2v) is 10.0. The molecule has 0 bridgehead atoms. The zero-order chi connectivity index (χ0) is 25.9. The van der Waals surface area contributed by atoms with Crippen LogP contribution in [0, 0.1) is 0 Å². The Kier molecular flexibility index (Phi) is 7.21. The zero-order valence-electron chi connectivity index (χ0n) is 20.2. The monoisotopic (exact) mass is 573 g/mol. The average Bonchev–Trinajstić information content (AvgIpc) is 3.56. The number of amides is 1. The number of anilines is 1. The van der Waals surface area contributed by atoms with Crippen molar-refractivity contribution in [2.24, 2.45) is 0 Å². The minimum atomic E-state index is -0.437. The Labute approximate surface area is 228 Å². The van der Waals surface area contributed by atoms with E-state index in [0.717, 1.165) is 33.1 Å². The summed E-state index contributed by atoms with van der Waals surface area (Å²) >= 11 is 8.77. The van der Waals surface area contributed by atoms with Gasteiger partial charge in [0.15, 0.2) is 16.5 Å². The number of aromatic nitrogens is 1. The molecule has 5 rings (SSSR count). The van der Waals surface area contributed by atoms with Gasteiger partial charge in [0.25, 0.3) is 5.91 Å². The van der Waals surface area contributed by atoms with E-state index < -0.39 is 5.91 Å². The molecule has 37 heavy (non-hydrogen) atoms. The summed E-state index contributed by atoms with van der Waals surface area (Å²) in [5, 5.41) is 5.86. The Bertz CT molecular complexity index is 1590. The molecular weight excluding hydrogens is 550 g/mol. The van der Waals surface area contributed by atoms with Crippen LogP contribution in [0.15, 0.2) is 92.2 Å². The molecule has 0 spiro atoms. The Hall–Kier alpha value is -3.75. The van der Waals surface area contributed by atoms with Crippen molar-refractivity contribution in [3.8, 4) is 22.8 Å². The summed E-state index contributed by atoms with van der Waals surface area (Å²) in [6.45, 7) is 4.37. The first-order valence-electron chi connectivity index (χ1n) is 11.9. The fourth-order valence-electron chi connectivity index (χ4n) is 3.90. The van der Waals surface area contributed by atoms with E-state index in [1.807, 2.05) is 54.6 Å². The predicted octanol–water partition coefficient (Wildman–Crippen LogP) is 8.16. The first-order chi connectivity index (χ1) is 17.9. The molecule has 5 aromatic rings. The summed E-state index contributed by atoms with van der Waals surface area (Å²) in [5.41, 5.74) is 5.17. The maximum Gasteiger partial charge on any atom is 0.293 e. The van der Waals surface area contributed by atoms with Gasteiger partial charge in [-0.2, -0.15) is 0 Å². The number of fused-ring (bicyclic) bond motifs is 1. The van der Waals surface area contributed by atoms with Gasteiger partial charge in [0.1, 0.15) is 11.3 Å². The van der Waals surface area contributed by atoms with Gasteiger partial charge in [-0.3, -0.25) is 10.1 Å². The smallest absolute Gasteiger partial charge is 0.293 e. The van der Waals surface area contributed by atoms with Crippen LogP contribution in [-0.4, -0.2) is 16.0 Å². The number of carbonyl (C=O) groups excluding carboxylic acids is 1. The van der Waals surface area contributed by atoms with Gasteiger partial charge in [0.05, 0.1) is 0 Å². The van der Waals surface area contributed by atoms with Crippen molar-refractivity contribution in [1.82, 2.24) is 10.3 Å². The Balaban J connectivity index is 1.26. The standard InChI is InChI=1S/C29H24BrN3O3S/c1-3-17(2)19-9-12-25-23(16-19)32-28(36-25)20-5-4-6-22(15-20)31-29(37)33-27(34)26-14-13-24(35-26)18-7-10-21(30)11-8-18/h4-17H,3H2,1-2H3,(H2,31,33,34,37)/t17-/m1/s1. The molecule has 8 heteroatoms. The van der Waals surface area contributed by atoms with Crippen molar-refractivity contribution in [2.45, 2.75) is 26.2 Å². The summed E-state index contributed by atoms with van der Waals surface area (Å²) in [6.07, 6.45) is 1.06. The average molecular weight is 575 g/mol. The van der Waals surface area contributed by atoms with Crippen molar-refractivity contribution in [2.75, 3.05) is 5.32 Å². The molecule has 0 aliphatic carbocycles. The lowest BCUT2D eigenvalue weighted by molar-refractivity contribution is 0.0951. The van der Waals surface area contributed by atoms with Crippen LogP contribution in [0.5, 0.6) is 0 Å². The number of carbonyl (C=O) groups is 1. The van der Waals surface area contributed by atoms with Crippen LogP contribution < -0.4 is 10.6 Å². The van der Waals surface area contributed by atoms with E-state index in [-0.39, 0.29) is 10.9 Å². The predicted molar refractivity (Wildman–Crippen MR) is 154 cm³/mol.